The second-order valence-corrected chi connectivity index (χ2v) is 7.01. The van der Waals surface area contributed by atoms with E-state index in [0.29, 0.717) is 18.4 Å². The molecule has 1 aromatic carbocycles. The number of benzene rings is 1. The summed E-state index contributed by atoms with van der Waals surface area (Å²) in [5, 5.41) is 2.98. The number of piperidine rings is 1. The van der Waals surface area contributed by atoms with Crippen LogP contribution in [-0.2, 0) is 6.54 Å². The molecule has 2 atom stereocenters. The lowest BCUT2D eigenvalue weighted by Crippen LogP contribution is -2.44. The number of likely N-dealkylation sites (tertiary alicyclic amines) is 1. The number of nitrogens with zero attached hydrogens (tertiary/aromatic N) is 3. The number of nitrogens with one attached hydrogen (secondary N) is 1. The monoisotopic (exact) mass is 340 g/mol. The van der Waals surface area contributed by atoms with Gasteiger partial charge in [0.2, 0.25) is 0 Å². The third-order valence-corrected chi connectivity index (χ3v) is 4.47. The molecule has 0 radical (unpaired) electrons. The summed E-state index contributed by atoms with van der Waals surface area (Å²) < 4.78 is 1.54. The van der Waals surface area contributed by atoms with E-state index >= 15 is 0 Å². The van der Waals surface area contributed by atoms with E-state index in [1.165, 1.54) is 17.2 Å². The first-order chi connectivity index (χ1) is 12.0. The smallest absolute Gasteiger partial charge is 0.324 e. The molecule has 2 heterocycles. The molecule has 132 valence electrons. The van der Waals surface area contributed by atoms with Crippen molar-refractivity contribution in [1.82, 2.24) is 14.5 Å². The van der Waals surface area contributed by atoms with Crippen molar-refractivity contribution in [2.75, 3.05) is 18.4 Å². The minimum absolute atomic E-state index is 0.0610. The minimum Gasteiger partial charge on any atom is -0.324 e. The Hall–Kier alpha value is -2.63. The van der Waals surface area contributed by atoms with Gasteiger partial charge in [-0.15, -0.1) is 0 Å². The van der Waals surface area contributed by atoms with Crippen LogP contribution in [0.25, 0.3) is 0 Å². The SMILES string of the molecule is C[C@@H]1C[C@@H](C)CN(C(=O)Nc2cccc(Cn3cccnc3=O)c2)C1. The van der Waals surface area contributed by atoms with Gasteiger partial charge in [0.15, 0.2) is 0 Å². The van der Waals surface area contributed by atoms with Crippen molar-refractivity contribution in [2.45, 2.75) is 26.8 Å². The third kappa shape index (κ3) is 4.47. The molecule has 6 nitrogen and oxygen atoms in total. The van der Waals surface area contributed by atoms with Crippen LogP contribution in [0.4, 0.5) is 10.5 Å². The van der Waals surface area contributed by atoms with E-state index < -0.39 is 0 Å². The Kier molecular flexibility index (Phi) is 5.16. The zero-order valence-electron chi connectivity index (χ0n) is 14.7. The van der Waals surface area contributed by atoms with Crippen molar-refractivity contribution < 1.29 is 4.79 Å². The molecule has 0 unspecified atom stereocenters. The van der Waals surface area contributed by atoms with Crippen molar-refractivity contribution in [3.05, 3.63) is 58.8 Å². The molecule has 3 rings (SSSR count). The molecular formula is C19H24N4O2. The largest absolute Gasteiger partial charge is 0.347 e. The summed E-state index contributed by atoms with van der Waals surface area (Å²) in [4.78, 5) is 29.9. The predicted molar refractivity (Wildman–Crippen MR) is 97.6 cm³/mol. The van der Waals surface area contributed by atoms with Crippen LogP contribution in [0.3, 0.4) is 0 Å². The van der Waals surface area contributed by atoms with Crippen molar-refractivity contribution in [2.24, 2.45) is 11.8 Å². The fourth-order valence-electron chi connectivity index (χ4n) is 3.48. The van der Waals surface area contributed by atoms with Crippen LogP contribution < -0.4 is 11.0 Å². The van der Waals surface area contributed by atoms with Gasteiger partial charge >= 0.3 is 11.7 Å². The lowest BCUT2D eigenvalue weighted by Gasteiger charge is -2.34. The summed E-state index contributed by atoms with van der Waals surface area (Å²) in [5.74, 6) is 1.05. The van der Waals surface area contributed by atoms with Crippen molar-refractivity contribution in [1.29, 1.82) is 0 Å². The summed E-state index contributed by atoms with van der Waals surface area (Å²) in [5.41, 5.74) is 1.40. The molecule has 0 spiro atoms. The highest BCUT2D eigenvalue weighted by molar-refractivity contribution is 5.89. The maximum absolute atomic E-state index is 12.5. The first kappa shape index (κ1) is 17.2. The van der Waals surface area contributed by atoms with E-state index in [1.54, 1.807) is 12.3 Å². The van der Waals surface area contributed by atoms with Gasteiger partial charge in [-0.25, -0.2) is 14.6 Å². The van der Waals surface area contributed by atoms with E-state index in [-0.39, 0.29) is 11.7 Å². The standard InChI is InChI=1S/C19H24N4O2/c1-14-9-15(2)12-23(11-14)19(25)21-17-6-3-5-16(10-17)13-22-8-4-7-20-18(22)24/h3-8,10,14-15H,9,11-13H2,1-2H3,(H,21,25)/t14-,15-/m1/s1. The Morgan fingerprint density at radius 2 is 2.00 bits per heavy atom. The van der Waals surface area contributed by atoms with Crippen LogP contribution in [-0.4, -0.2) is 33.6 Å². The van der Waals surface area contributed by atoms with Crippen molar-refractivity contribution >= 4 is 11.7 Å². The summed E-state index contributed by atoms with van der Waals surface area (Å²) in [6.07, 6.45) is 4.35. The number of rotatable bonds is 3. The van der Waals surface area contributed by atoms with Gasteiger partial charge in [-0.3, -0.25) is 4.57 Å². The number of hydrogen-bond donors (Lipinski definition) is 1. The topological polar surface area (TPSA) is 67.2 Å². The first-order valence-corrected chi connectivity index (χ1v) is 8.67. The van der Waals surface area contributed by atoms with Gasteiger partial charge in [0.1, 0.15) is 0 Å². The van der Waals surface area contributed by atoms with Gasteiger partial charge < -0.3 is 10.2 Å². The number of carbonyl (C=O) groups excluding carboxylic acids is 1. The van der Waals surface area contributed by atoms with Crippen molar-refractivity contribution in [3.8, 4) is 0 Å². The van der Waals surface area contributed by atoms with Crippen LogP contribution in [0.1, 0.15) is 25.8 Å². The molecule has 2 amide bonds. The first-order valence-electron chi connectivity index (χ1n) is 8.67. The molecule has 0 saturated carbocycles. The molecule has 1 saturated heterocycles. The van der Waals surface area contributed by atoms with E-state index in [4.69, 9.17) is 0 Å². The minimum atomic E-state index is -0.284. The summed E-state index contributed by atoms with van der Waals surface area (Å²) in [7, 11) is 0. The highest BCUT2D eigenvalue weighted by atomic mass is 16.2. The highest BCUT2D eigenvalue weighted by Crippen LogP contribution is 2.22. The Morgan fingerprint density at radius 3 is 2.72 bits per heavy atom. The second-order valence-electron chi connectivity index (χ2n) is 7.01. The number of anilines is 1. The average molecular weight is 340 g/mol. The lowest BCUT2D eigenvalue weighted by atomic mass is 9.92. The molecule has 0 aliphatic carbocycles. The van der Waals surface area contributed by atoms with Gasteiger partial charge in [-0.05, 0) is 42.0 Å². The molecule has 25 heavy (non-hydrogen) atoms. The van der Waals surface area contributed by atoms with E-state index in [1.807, 2.05) is 29.2 Å². The highest BCUT2D eigenvalue weighted by Gasteiger charge is 2.25. The van der Waals surface area contributed by atoms with E-state index in [9.17, 15) is 9.59 Å². The molecule has 6 heteroatoms. The molecule has 1 aromatic heterocycles. The zero-order valence-corrected chi connectivity index (χ0v) is 14.7. The zero-order chi connectivity index (χ0) is 17.8. The second kappa shape index (κ2) is 7.51. The number of urea groups is 1. The predicted octanol–water partition coefficient (Wildman–Crippen LogP) is 2.80. The number of hydrogen-bond acceptors (Lipinski definition) is 3. The van der Waals surface area contributed by atoms with Crippen LogP contribution in [0, 0.1) is 11.8 Å². The maximum Gasteiger partial charge on any atom is 0.347 e. The van der Waals surface area contributed by atoms with Crippen LogP contribution in [0.15, 0.2) is 47.5 Å². The van der Waals surface area contributed by atoms with Gasteiger partial charge in [0, 0.05) is 31.2 Å². The fraction of sp³-hybridized carbons (Fsp3) is 0.421. The molecular weight excluding hydrogens is 316 g/mol. The molecule has 0 bridgehead atoms. The van der Waals surface area contributed by atoms with Crippen LogP contribution >= 0.6 is 0 Å². The summed E-state index contributed by atoms with van der Waals surface area (Å²) >= 11 is 0. The Bertz CT molecular complexity index is 792. The molecule has 1 aliphatic heterocycles. The summed E-state index contributed by atoms with van der Waals surface area (Å²) in [6, 6.07) is 9.24. The van der Waals surface area contributed by atoms with Gasteiger partial charge in [-0.1, -0.05) is 26.0 Å². The lowest BCUT2D eigenvalue weighted by molar-refractivity contribution is 0.156. The van der Waals surface area contributed by atoms with Crippen LogP contribution in [0.5, 0.6) is 0 Å². The Labute approximate surface area is 147 Å². The van der Waals surface area contributed by atoms with Gasteiger partial charge in [0.05, 0.1) is 6.54 Å². The maximum atomic E-state index is 12.5. The fourth-order valence-corrected chi connectivity index (χ4v) is 3.48. The molecule has 1 fully saturated rings. The number of aromatic nitrogens is 2. The molecule has 2 aromatic rings. The molecule has 1 aliphatic rings. The Balaban J connectivity index is 1.68. The third-order valence-electron chi connectivity index (χ3n) is 4.47. The number of carbonyl (C=O) groups is 1. The van der Waals surface area contributed by atoms with Gasteiger partial charge in [-0.2, -0.15) is 0 Å². The quantitative estimate of drug-likeness (QED) is 0.934. The van der Waals surface area contributed by atoms with Crippen LogP contribution in [0.2, 0.25) is 0 Å². The van der Waals surface area contributed by atoms with Gasteiger partial charge in [0.25, 0.3) is 0 Å². The average Bonchev–Trinajstić information content (AvgIpc) is 2.56. The molecule has 1 N–H and O–H groups in total. The van der Waals surface area contributed by atoms with E-state index in [2.05, 4.69) is 24.1 Å². The Morgan fingerprint density at radius 1 is 1.24 bits per heavy atom. The van der Waals surface area contributed by atoms with E-state index in [0.717, 1.165) is 24.3 Å². The van der Waals surface area contributed by atoms with Crippen molar-refractivity contribution in [3.63, 3.8) is 0 Å². The normalized spacial score (nSPS) is 20.3. The summed E-state index contributed by atoms with van der Waals surface area (Å²) in [6.45, 7) is 6.38. The number of amides is 2.